The normalized spacial score (nSPS) is 10.4. The fourth-order valence-electron chi connectivity index (χ4n) is 1.51. The van der Waals surface area contributed by atoms with E-state index in [2.05, 4.69) is 5.10 Å². The van der Waals surface area contributed by atoms with Gasteiger partial charge in [-0.3, -0.25) is 0 Å². The van der Waals surface area contributed by atoms with Crippen LogP contribution in [0.15, 0.2) is 24.3 Å². The van der Waals surface area contributed by atoms with E-state index >= 15 is 0 Å². The Morgan fingerprint density at radius 3 is 2.62 bits per heavy atom. The minimum atomic E-state index is 0.535. The van der Waals surface area contributed by atoms with Gasteiger partial charge in [-0.1, -0.05) is 11.6 Å². The van der Waals surface area contributed by atoms with Gasteiger partial charge >= 0.3 is 0 Å². The zero-order chi connectivity index (χ0) is 11.7. The van der Waals surface area contributed by atoms with Crippen molar-refractivity contribution in [2.24, 2.45) is 0 Å². The maximum Gasteiger partial charge on any atom is 0.137 e. The van der Waals surface area contributed by atoms with E-state index in [-0.39, 0.29) is 0 Å². The molecular weight excluding hydrogens is 226 g/mol. The van der Waals surface area contributed by atoms with Crippen LogP contribution >= 0.6 is 11.6 Å². The van der Waals surface area contributed by atoms with Crippen molar-refractivity contribution in [2.45, 2.75) is 6.92 Å². The first kappa shape index (κ1) is 10.8. The van der Waals surface area contributed by atoms with Gasteiger partial charge < -0.3 is 10.5 Å². The fourth-order valence-corrected chi connectivity index (χ4v) is 1.77. The molecule has 0 bridgehead atoms. The van der Waals surface area contributed by atoms with E-state index in [1.807, 2.05) is 13.0 Å². The maximum absolute atomic E-state index is 6.03. The van der Waals surface area contributed by atoms with Gasteiger partial charge in [0.25, 0.3) is 0 Å². The van der Waals surface area contributed by atoms with E-state index in [9.17, 15) is 0 Å². The molecule has 0 atom stereocenters. The third-order valence-corrected chi connectivity index (χ3v) is 2.53. The number of aryl methyl sites for hydroxylation is 1. The van der Waals surface area contributed by atoms with E-state index in [4.69, 9.17) is 22.1 Å². The van der Waals surface area contributed by atoms with Crippen molar-refractivity contribution in [2.75, 3.05) is 12.8 Å². The highest BCUT2D eigenvalue weighted by atomic mass is 35.5. The average molecular weight is 238 g/mol. The van der Waals surface area contributed by atoms with E-state index < -0.39 is 0 Å². The second-order valence-electron chi connectivity index (χ2n) is 3.44. The summed E-state index contributed by atoms with van der Waals surface area (Å²) in [4.78, 5) is 0. The van der Waals surface area contributed by atoms with Crippen LogP contribution in [0.4, 0.5) is 5.82 Å². The summed E-state index contributed by atoms with van der Waals surface area (Å²) in [5.74, 6) is 1.21. The van der Waals surface area contributed by atoms with Crippen molar-refractivity contribution in [3.05, 3.63) is 35.0 Å². The van der Waals surface area contributed by atoms with Crippen LogP contribution in [-0.2, 0) is 0 Å². The van der Waals surface area contributed by atoms with Crippen LogP contribution in [0.5, 0.6) is 5.75 Å². The van der Waals surface area contributed by atoms with Gasteiger partial charge in [-0.25, -0.2) is 4.68 Å². The van der Waals surface area contributed by atoms with Crippen LogP contribution in [0.2, 0.25) is 5.02 Å². The molecule has 84 valence electrons. The first-order chi connectivity index (χ1) is 7.61. The molecule has 0 fully saturated rings. The van der Waals surface area contributed by atoms with Gasteiger partial charge in [-0.2, -0.15) is 5.10 Å². The molecule has 2 aromatic rings. The predicted molar refractivity (Wildman–Crippen MR) is 64.3 cm³/mol. The minimum absolute atomic E-state index is 0.535. The van der Waals surface area contributed by atoms with Crippen LogP contribution < -0.4 is 10.5 Å². The lowest BCUT2D eigenvalue weighted by Crippen LogP contribution is -2.01. The smallest absolute Gasteiger partial charge is 0.137 e. The predicted octanol–water partition coefficient (Wildman–Crippen LogP) is 2.42. The molecule has 0 radical (unpaired) electrons. The van der Waals surface area contributed by atoms with E-state index in [1.54, 1.807) is 30.0 Å². The lowest BCUT2D eigenvalue weighted by Gasteiger charge is -2.07. The standard InChI is InChI=1S/C11H12ClN3O/c1-7-5-11(13)15(14-7)8-3-4-10(16-2)9(12)6-8/h3-6H,13H2,1-2H3. The number of hydrogen-bond donors (Lipinski definition) is 1. The van der Waals surface area contributed by atoms with Crippen LogP contribution in [-0.4, -0.2) is 16.9 Å². The number of aromatic nitrogens is 2. The molecule has 1 heterocycles. The molecule has 16 heavy (non-hydrogen) atoms. The molecular formula is C11H12ClN3O. The van der Waals surface area contributed by atoms with E-state index in [0.717, 1.165) is 11.4 Å². The Kier molecular flexibility index (Phi) is 2.75. The number of nitrogens with two attached hydrogens (primary N) is 1. The van der Waals surface area contributed by atoms with E-state index in [1.165, 1.54) is 0 Å². The zero-order valence-corrected chi connectivity index (χ0v) is 9.82. The Morgan fingerprint density at radius 2 is 2.12 bits per heavy atom. The lowest BCUT2D eigenvalue weighted by molar-refractivity contribution is 0.415. The summed E-state index contributed by atoms with van der Waals surface area (Å²) in [5.41, 5.74) is 7.50. The Balaban J connectivity index is 2.49. The molecule has 1 aromatic heterocycles. The molecule has 2 N–H and O–H groups in total. The summed E-state index contributed by atoms with van der Waals surface area (Å²) in [6.07, 6.45) is 0. The van der Waals surface area contributed by atoms with Crippen molar-refractivity contribution in [3.8, 4) is 11.4 Å². The molecule has 5 heteroatoms. The van der Waals surface area contributed by atoms with Crippen molar-refractivity contribution in [3.63, 3.8) is 0 Å². The molecule has 0 aliphatic carbocycles. The van der Waals surface area contributed by atoms with Crippen molar-refractivity contribution in [1.29, 1.82) is 0 Å². The second-order valence-corrected chi connectivity index (χ2v) is 3.85. The van der Waals surface area contributed by atoms with Crippen LogP contribution in [0, 0.1) is 6.92 Å². The van der Waals surface area contributed by atoms with Gasteiger partial charge in [0.1, 0.15) is 11.6 Å². The van der Waals surface area contributed by atoms with Gasteiger partial charge in [0.2, 0.25) is 0 Å². The lowest BCUT2D eigenvalue weighted by atomic mass is 10.3. The average Bonchev–Trinajstić information content (AvgIpc) is 2.58. The van der Waals surface area contributed by atoms with Crippen LogP contribution in [0.25, 0.3) is 5.69 Å². The Labute approximate surface area is 98.6 Å². The SMILES string of the molecule is COc1ccc(-n2nc(C)cc2N)cc1Cl. The summed E-state index contributed by atoms with van der Waals surface area (Å²) in [6.45, 7) is 1.89. The summed E-state index contributed by atoms with van der Waals surface area (Å²) in [5, 5.41) is 4.80. The first-order valence-corrected chi connectivity index (χ1v) is 5.15. The summed E-state index contributed by atoms with van der Waals surface area (Å²) < 4.78 is 6.72. The third kappa shape index (κ3) is 1.84. The summed E-state index contributed by atoms with van der Waals surface area (Å²) >= 11 is 6.03. The van der Waals surface area contributed by atoms with E-state index in [0.29, 0.717) is 16.6 Å². The molecule has 0 unspecified atom stereocenters. The second kappa shape index (κ2) is 4.06. The Hall–Kier alpha value is -1.68. The molecule has 1 aromatic carbocycles. The molecule has 4 nitrogen and oxygen atoms in total. The van der Waals surface area contributed by atoms with Gasteiger partial charge in [-0.05, 0) is 25.1 Å². The van der Waals surface area contributed by atoms with Crippen LogP contribution in [0.1, 0.15) is 5.69 Å². The molecule has 2 rings (SSSR count). The molecule has 0 aliphatic rings. The monoisotopic (exact) mass is 237 g/mol. The molecule has 0 amide bonds. The fraction of sp³-hybridized carbons (Fsp3) is 0.182. The number of benzene rings is 1. The number of nitrogens with zero attached hydrogens (tertiary/aromatic N) is 2. The third-order valence-electron chi connectivity index (χ3n) is 2.24. The molecule has 0 aliphatic heterocycles. The highest BCUT2D eigenvalue weighted by Crippen LogP contribution is 2.27. The van der Waals surface area contributed by atoms with Crippen molar-refractivity contribution >= 4 is 17.4 Å². The van der Waals surface area contributed by atoms with Gasteiger partial charge in [0.05, 0.1) is 23.5 Å². The number of hydrogen-bond acceptors (Lipinski definition) is 3. The topological polar surface area (TPSA) is 53.1 Å². The van der Waals surface area contributed by atoms with Gasteiger partial charge in [-0.15, -0.1) is 0 Å². The number of methoxy groups -OCH3 is 1. The molecule has 0 saturated carbocycles. The Bertz CT molecular complexity index is 522. The molecule has 0 saturated heterocycles. The minimum Gasteiger partial charge on any atom is -0.495 e. The quantitative estimate of drug-likeness (QED) is 0.873. The number of ether oxygens (including phenoxy) is 1. The van der Waals surface area contributed by atoms with Gasteiger partial charge in [0.15, 0.2) is 0 Å². The summed E-state index contributed by atoms with van der Waals surface area (Å²) in [6, 6.07) is 7.21. The Morgan fingerprint density at radius 1 is 1.38 bits per heavy atom. The maximum atomic E-state index is 6.03. The summed E-state index contributed by atoms with van der Waals surface area (Å²) in [7, 11) is 1.58. The van der Waals surface area contributed by atoms with Crippen molar-refractivity contribution < 1.29 is 4.74 Å². The van der Waals surface area contributed by atoms with Crippen molar-refractivity contribution in [1.82, 2.24) is 9.78 Å². The largest absolute Gasteiger partial charge is 0.495 e. The molecule has 0 spiro atoms. The highest BCUT2D eigenvalue weighted by Gasteiger charge is 2.07. The van der Waals surface area contributed by atoms with Crippen LogP contribution in [0.3, 0.4) is 0 Å². The number of anilines is 1. The number of rotatable bonds is 2. The first-order valence-electron chi connectivity index (χ1n) is 4.78. The number of halogens is 1. The number of nitrogen functional groups attached to an aromatic ring is 1. The highest BCUT2D eigenvalue weighted by molar-refractivity contribution is 6.32. The zero-order valence-electron chi connectivity index (χ0n) is 9.07. The van der Waals surface area contributed by atoms with Gasteiger partial charge in [0, 0.05) is 6.07 Å².